The molecule has 1 aromatic rings. The first-order chi connectivity index (χ1) is 36.8. The zero-order valence-corrected chi connectivity index (χ0v) is 56.0. The molecule has 474 valence electrons. The third-order valence-corrected chi connectivity index (χ3v) is 18.0. The number of hydroxylamine groups is 6. The predicted molar refractivity (Wildman–Crippen MR) is 310 cm³/mol. The van der Waals surface area contributed by atoms with E-state index in [-0.39, 0.29) is 37.9 Å². The molecule has 0 aliphatic heterocycles. The lowest BCUT2D eigenvalue weighted by molar-refractivity contribution is -0.276. The summed E-state index contributed by atoms with van der Waals surface area (Å²) < 4.78 is 70.7. The molecule has 0 bridgehead atoms. The van der Waals surface area contributed by atoms with Gasteiger partial charge in [0.05, 0.1) is 46.1 Å². The van der Waals surface area contributed by atoms with E-state index in [1.54, 1.807) is 74.3 Å². The minimum atomic E-state index is -3.91. The average Bonchev–Trinajstić information content (AvgIpc) is 3.29. The number of carbonyl (C=O) groups is 3. The molecule has 0 fully saturated rings. The van der Waals surface area contributed by atoms with E-state index < -0.39 is 147 Å². The Morgan fingerprint density at radius 3 is 0.840 bits per heavy atom. The third kappa shape index (κ3) is 21.7. The van der Waals surface area contributed by atoms with Crippen molar-refractivity contribution in [1.82, 2.24) is 28.9 Å². The fourth-order valence-electron chi connectivity index (χ4n) is 8.94. The van der Waals surface area contributed by atoms with Crippen molar-refractivity contribution in [3.05, 3.63) is 31.5 Å². The van der Waals surface area contributed by atoms with E-state index in [0.717, 1.165) is 6.42 Å². The minimum absolute atomic E-state index is 0.0756. The number of hydrogen-bond acceptors (Lipinski definition) is 21. The molecular formula is C55H106N6O18P2. The van der Waals surface area contributed by atoms with E-state index in [9.17, 15) is 37.9 Å². The van der Waals surface area contributed by atoms with E-state index in [1.165, 1.54) is 30.9 Å². The molecule has 0 N–H and O–H groups in total. The highest BCUT2D eigenvalue weighted by Crippen LogP contribution is 2.62. The summed E-state index contributed by atoms with van der Waals surface area (Å²) in [5, 5.41) is 4.63. The Morgan fingerprint density at radius 2 is 0.654 bits per heavy atom. The van der Waals surface area contributed by atoms with Crippen molar-refractivity contribution < 1.29 is 70.3 Å². The van der Waals surface area contributed by atoms with Crippen LogP contribution in [0.5, 0.6) is 0 Å². The fraction of sp³-hybridized carbons (Fsp3) is 0.891. The highest BCUT2D eigenvalue weighted by atomic mass is 31.2. The first-order valence-corrected chi connectivity index (χ1v) is 31.6. The van der Waals surface area contributed by atoms with Crippen LogP contribution < -0.4 is 17.1 Å². The first kappa shape index (κ1) is 75.9. The SMILES string of the molecule is CCOP(=O)(OCC)C(N(OC(C)C(=O)OCCn1c(=O)n(CCOC(=O)C(C)ON(C(CC)C(C)(C)C)C(C)(C)C)c(=O)n(CCOC(=O)C(C)ON(C(C(C)(C)C)P(=O)(OCC)OCC)C(C)(C)C)c1=O)C(C)(C)C)C(C)(C)C. The van der Waals surface area contributed by atoms with Gasteiger partial charge < -0.3 is 32.3 Å². The zero-order chi connectivity index (χ0) is 63.2. The summed E-state index contributed by atoms with van der Waals surface area (Å²) in [4.78, 5) is 102. The van der Waals surface area contributed by atoms with Gasteiger partial charge in [0.1, 0.15) is 31.4 Å². The maximum absolute atomic E-state index is 14.4. The van der Waals surface area contributed by atoms with Gasteiger partial charge in [-0.1, -0.05) is 69.2 Å². The van der Waals surface area contributed by atoms with Gasteiger partial charge in [0, 0.05) is 22.7 Å². The van der Waals surface area contributed by atoms with Crippen LogP contribution >= 0.6 is 15.2 Å². The molecule has 6 unspecified atom stereocenters. The molecule has 24 nitrogen and oxygen atoms in total. The molecule has 1 rings (SSSR count). The number of carbonyl (C=O) groups excluding carboxylic acids is 3. The van der Waals surface area contributed by atoms with Gasteiger partial charge in [-0.15, -0.1) is 0 Å². The molecule has 0 aliphatic carbocycles. The molecule has 6 atom stereocenters. The van der Waals surface area contributed by atoms with Crippen LogP contribution in [0.15, 0.2) is 14.4 Å². The maximum atomic E-state index is 14.4. The standard InChI is InChI=1S/C55H106N6O18P2/c1-27-41(50(9,10)11)59(53(18,19)20)77-38(6)42(62)70-35-32-56-47(65)57(33-36-71-43(63)39(7)78-60(54(21,22)23)45(51(12,13)14)80(68,73-28-2)74-29-3)49(67)58(48(56)66)34-37-72-44(64)40(8)79-61(55(24,25)26)46(52(15,16)17)81(69,75-30-4)76-31-5/h38-41,45-46H,27-37H2,1-26H3. The fourth-order valence-corrected chi connectivity index (χ4v) is 14.3. The molecule has 1 aromatic heterocycles. The van der Waals surface area contributed by atoms with E-state index in [1.807, 2.05) is 69.2 Å². The van der Waals surface area contributed by atoms with Crippen molar-refractivity contribution in [2.45, 2.75) is 259 Å². The second-order valence-corrected chi connectivity index (χ2v) is 30.2. The van der Waals surface area contributed by atoms with Crippen LogP contribution in [0, 0.1) is 16.2 Å². The number of esters is 3. The minimum Gasteiger partial charge on any atom is -0.462 e. The van der Waals surface area contributed by atoms with Crippen molar-refractivity contribution in [2.75, 3.05) is 46.2 Å². The van der Waals surface area contributed by atoms with Crippen LogP contribution in [0.1, 0.15) is 186 Å². The van der Waals surface area contributed by atoms with Gasteiger partial charge >= 0.3 is 50.2 Å². The van der Waals surface area contributed by atoms with Crippen molar-refractivity contribution in [2.24, 2.45) is 16.2 Å². The van der Waals surface area contributed by atoms with Gasteiger partial charge in [-0.2, -0.15) is 15.2 Å². The number of hydrogen-bond donors (Lipinski definition) is 0. The number of ether oxygens (including phenoxy) is 3. The van der Waals surface area contributed by atoms with Crippen LogP contribution in [0.25, 0.3) is 0 Å². The molecule has 0 saturated carbocycles. The molecule has 0 amide bonds. The van der Waals surface area contributed by atoms with Crippen LogP contribution in [-0.2, 0) is 90.0 Å². The molecule has 0 radical (unpaired) electrons. The maximum Gasteiger partial charge on any atom is 0.350 e. The monoisotopic (exact) mass is 1200 g/mol. The van der Waals surface area contributed by atoms with Gasteiger partial charge in [0.15, 0.2) is 18.3 Å². The molecule has 0 aromatic carbocycles. The molecule has 0 spiro atoms. The quantitative estimate of drug-likeness (QED) is 0.0282. The Kier molecular flexibility index (Phi) is 28.9. The summed E-state index contributed by atoms with van der Waals surface area (Å²) in [6.07, 6.45) is -3.05. The lowest BCUT2D eigenvalue weighted by atomic mass is 9.83. The zero-order valence-electron chi connectivity index (χ0n) is 54.2. The molecule has 1 heterocycles. The average molecular weight is 1200 g/mol. The number of nitrogens with zero attached hydrogens (tertiary/aromatic N) is 6. The van der Waals surface area contributed by atoms with Crippen molar-refractivity contribution in [3.63, 3.8) is 0 Å². The highest BCUT2D eigenvalue weighted by Gasteiger charge is 2.54. The summed E-state index contributed by atoms with van der Waals surface area (Å²) >= 11 is 0. The Bertz CT molecular complexity index is 2300. The van der Waals surface area contributed by atoms with Gasteiger partial charge in [-0.05, 0) is 133 Å². The van der Waals surface area contributed by atoms with Crippen LogP contribution in [0.3, 0.4) is 0 Å². The lowest BCUT2D eigenvalue weighted by Gasteiger charge is -2.47. The van der Waals surface area contributed by atoms with Gasteiger partial charge in [0.2, 0.25) is 0 Å². The largest absolute Gasteiger partial charge is 0.462 e. The van der Waals surface area contributed by atoms with Crippen LogP contribution in [0.4, 0.5) is 0 Å². The Balaban J connectivity index is 3.76. The van der Waals surface area contributed by atoms with E-state index in [2.05, 4.69) is 20.8 Å². The van der Waals surface area contributed by atoms with Crippen LogP contribution in [-0.4, -0.2) is 146 Å². The Hall–Kier alpha value is -3.12. The van der Waals surface area contributed by atoms with Gasteiger partial charge in [0.25, 0.3) is 0 Å². The summed E-state index contributed by atoms with van der Waals surface area (Å²) in [6.45, 7) is 44.1. The highest BCUT2D eigenvalue weighted by molar-refractivity contribution is 7.55. The molecule has 26 heteroatoms. The second-order valence-electron chi connectivity index (χ2n) is 26.1. The van der Waals surface area contributed by atoms with Crippen molar-refractivity contribution in [1.29, 1.82) is 0 Å². The normalized spacial score (nSPS) is 15.9. The summed E-state index contributed by atoms with van der Waals surface area (Å²) in [6, 6.07) is -0.0906. The van der Waals surface area contributed by atoms with Crippen molar-refractivity contribution in [3.8, 4) is 0 Å². The van der Waals surface area contributed by atoms with Crippen LogP contribution in [0.2, 0.25) is 0 Å². The van der Waals surface area contributed by atoms with E-state index in [0.29, 0.717) is 13.7 Å². The molecular weight excluding hydrogens is 1090 g/mol. The third-order valence-electron chi connectivity index (χ3n) is 12.4. The second kappa shape index (κ2) is 30.8. The van der Waals surface area contributed by atoms with Crippen molar-refractivity contribution >= 4 is 33.1 Å². The molecule has 81 heavy (non-hydrogen) atoms. The van der Waals surface area contributed by atoms with Gasteiger partial charge in [-0.25, -0.2) is 42.5 Å². The lowest BCUT2D eigenvalue weighted by Crippen LogP contribution is -2.56. The van der Waals surface area contributed by atoms with E-state index in [4.69, 9.17) is 46.8 Å². The summed E-state index contributed by atoms with van der Waals surface area (Å²) in [5.74, 6) is -4.62. The Morgan fingerprint density at radius 1 is 0.420 bits per heavy atom. The topological polar surface area (TPSA) is 253 Å². The van der Waals surface area contributed by atoms with E-state index >= 15 is 0 Å². The predicted octanol–water partition coefficient (Wildman–Crippen LogP) is 9.16. The molecule has 0 aliphatic rings. The summed E-state index contributed by atoms with van der Waals surface area (Å²) in [7, 11) is -7.82. The summed E-state index contributed by atoms with van der Waals surface area (Å²) in [5.41, 5.74) is -7.41. The molecule has 0 saturated heterocycles. The smallest absolute Gasteiger partial charge is 0.350 e. The first-order valence-electron chi connectivity index (χ1n) is 28.4. The number of aromatic nitrogens is 3. The number of rotatable bonds is 32. The van der Waals surface area contributed by atoms with Gasteiger partial charge in [-0.3, -0.25) is 23.6 Å². The Labute approximate surface area is 483 Å².